The van der Waals surface area contributed by atoms with Crippen LogP contribution >= 0.6 is 23.1 Å². The van der Waals surface area contributed by atoms with Crippen molar-refractivity contribution < 1.29 is 15.0 Å². The lowest BCUT2D eigenvalue weighted by Crippen LogP contribution is -2.07. The van der Waals surface area contributed by atoms with Crippen LogP contribution in [0, 0.1) is 6.92 Å². The highest BCUT2D eigenvalue weighted by Gasteiger charge is 2.14. The molecule has 9 heteroatoms. The Bertz CT molecular complexity index is 581. The molecule has 0 fully saturated rings. The smallest absolute Gasteiger partial charge is 0.313 e. The van der Waals surface area contributed by atoms with Gasteiger partial charge in [-0.15, -0.1) is 21.5 Å². The molecule has 0 saturated carbocycles. The van der Waals surface area contributed by atoms with Gasteiger partial charge in [-0.2, -0.15) is 0 Å². The van der Waals surface area contributed by atoms with E-state index in [4.69, 9.17) is 5.11 Å². The molecule has 2 aromatic heterocycles. The molecule has 0 atom stereocenters. The molecule has 2 N–H and O–H groups in total. The molecule has 102 valence electrons. The highest BCUT2D eigenvalue weighted by Crippen LogP contribution is 2.20. The SMILES string of the molecule is Cc1cnc(Cn2c(CO)nnc2SCC(=O)O)s1. The predicted octanol–water partition coefficient (Wildman–Crippen LogP) is 0.760. The van der Waals surface area contributed by atoms with Crippen molar-refractivity contribution in [1.29, 1.82) is 0 Å². The molecule has 0 bridgehead atoms. The van der Waals surface area contributed by atoms with Gasteiger partial charge in [-0.1, -0.05) is 11.8 Å². The summed E-state index contributed by atoms with van der Waals surface area (Å²) in [5, 5.41) is 27.0. The van der Waals surface area contributed by atoms with Crippen LogP contribution in [0.25, 0.3) is 0 Å². The summed E-state index contributed by atoms with van der Waals surface area (Å²) in [5.74, 6) is -0.614. The first-order valence-corrected chi connectivity index (χ1v) is 7.19. The molecule has 19 heavy (non-hydrogen) atoms. The number of aliphatic carboxylic acids is 1. The fraction of sp³-hybridized carbons (Fsp3) is 0.400. The minimum Gasteiger partial charge on any atom is -0.481 e. The molecule has 0 radical (unpaired) electrons. The Labute approximate surface area is 117 Å². The van der Waals surface area contributed by atoms with E-state index in [1.165, 1.54) is 0 Å². The van der Waals surface area contributed by atoms with Crippen LogP contribution < -0.4 is 0 Å². The summed E-state index contributed by atoms with van der Waals surface area (Å²) >= 11 is 2.62. The molecular weight excluding hydrogens is 288 g/mol. The summed E-state index contributed by atoms with van der Waals surface area (Å²) in [6, 6.07) is 0. The number of aryl methyl sites for hydroxylation is 1. The Kier molecular flexibility index (Phi) is 4.51. The van der Waals surface area contributed by atoms with Gasteiger partial charge in [-0.25, -0.2) is 4.98 Å². The molecular formula is C10H12N4O3S2. The van der Waals surface area contributed by atoms with E-state index in [0.29, 0.717) is 17.5 Å². The number of aromatic nitrogens is 4. The lowest BCUT2D eigenvalue weighted by atomic mass is 10.5. The zero-order valence-corrected chi connectivity index (χ0v) is 11.7. The summed E-state index contributed by atoms with van der Waals surface area (Å²) < 4.78 is 1.69. The number of nitrogens with zero attached hydrogens (tertiary/aromatic N) is 4. The fourth-order valence-corrected chi connectivity index (χ4v) is 2.89. The second-order valence-corrected chi connectivity index (χ2v) is 5.95. The number of carbonyl (C=O) groups is 1. The molecule has 0 aliphatic carbocycles. The molecule has 0 unspecified atom stereocenters. The molecule has 0 spiro atoms. The van der Waals surface area contributed by atoms with E-state index in [1.54, 1.807) is 22.1 Å². The molecule has 0 aromatic carbocycles. The van der Waals surface area contributed by atoms with Gasteiger partial charge in [-0.3, -0.25) is 9.36 Å². The Hall–Kier alpha value is -1.45. The summed E-state index contributed by atoms with van der Waals surface area (Å²) in [7, 11) is 0. The molecule has 2 heterocycles. The number of thioether (sulfide) groups is 1. The second-order valence-electron chi connectivity index (χ2n) is 3.69. The maximum Gasteiger partial charge on any atom is 0.313 e. The Morgan fingerprint density at radius 1 is 1.53 bits per heavy atom. The van der Waals surface area contributed by atoms with Crippen LogP contribution in [0.4, 0.5) is 0 Å². The first kappa shape index (κ1) is 14.0. The fourth-order valence-electron chi connectivity index (χ4n) is 1.44. The van der Waals surface area contributed by atoms with Gasteiger partial charge < -0.3 is 10.2 Å². The maximum atomic E-state index is 10.6. The van der Waals surface area contributed by atoms with Crippen molar-refractivity contribution in [3.05, 3.63) is 21.9 Å². The van der Waals surface area contributed by atoms with Crippen LogP contribution in [0.1, 0.15) is 15.7 Å². The van der Waals surface area contributed by atoms with Crippen LogP contribution in [-0.2, 0) is 17.9 Å². The second kappa shape index (κ2) is 6.13. The Balaban J connectivity index is 2.20. The Morgan fingerprint density at radius 2 is 2.32 bits per heavy atom. The lowest BCUT2D eigenvalue weighted by Gasteiger charge is -2.06. The van der Waals surface area contributed by atoms with Gasteiger partial charge in [0.15, 0.2) is 11.0 Å². The van der Waals surface area contributed by atoms with E-state index in [1.807, 2.05) is 6.92 Å². The van der Waals surface area contributed by atoms with Crippen molar-refractivity contribution in [3.8, 4) is 0 Å². The van der Waals surface area contributed by atoms with Gasteiger partial charge in [0.25, 0.3) is 0 Å². The lowest BCUT2D eigenvalue weighted by molar-refractivity contribution is -0.133. The van der Waals surface area contributed by atoms with E-state index < -0.39 is 5.97 Å². The van der Waals surface area contributed by atoms with Crippen LogP contribution in [-0.4, -0.2) is 41.7 Å². The Morgan fingerprint density at radius 3 is 2.89 bits per heavy atom. The standard InChI is InChI=1S/C10H12N4O3S2/c1-6-2-11-8(19-6)3-14-7(4-15)12-13-10(14)18-5-9(16)17/h2,15H,3-5H2,1H3,(H,16,17). The summed E-state index contributed by atoms with van der Waals surface area (Å²) in [6.07, 6.45) is 1.77. The number of rotatable bonds is 6. The van der Waals surface area contributed by atoms with Gasteiger partial charge in [0.1, 0.15) is 11.6 Å². The average molecular weight is 300 g/mol. The van der Waals surface area contributed by atoms with Crippen LogP contribution in [0.2, 0.25) is 0 Å². The number of hydrogen-bond donors (Lipinski definition) is 2. The summed E-state index contributed by atoms with van der Waals surface area (Å²) in [4.78, 5) is 15.9. The van der Waals surface area contributed by atoms with Crippen molar-refractivity contribution in [2.45, 2.75) is 25.2 Å². The summed E-state index contributed by atoms with van der Waals surface area (Å²) in [5.41, 5.74) is 0. The molecule has 2 rings (SSSR count). The zero-order chi connectivity index (χ0) is 13.8. The minimum absolute atomic E-state index is 0.0968. The van der Waals surface area contributed by atoms with E-state index in [2.05, 4.69) is 15.2 Å². The van der Waals surface area contributed by atoms with Gasteiger partial charge >= 0.3 is 5.97 Å². The minimum atomic E-state index is -0.921. The van der Waals surface area contributed by atoms with E-state index in [-0.39, 0.29) is 12.4 Å². The number of aliphatic hydroxyl groups is 1. The van der Waals surface area contributed by atoms with Gasteiger partial charge in [-0.05, 0) is 6.92 Å². The van der Waals surface area contributed by atoms with Crippen molar-refractivity contribution in [2.75, 3.05) is 5.75 Å². The maximum absolute atomic E-state index is 10.6. The number of carboxylic acids is 1. The number of carboxylic acid groups (broad SMARTS) is 1. The van der Waals surface area contributed by atoms with Crippen molar-refractivity contribution >= 4 is 29.1 Å². The van der Waals surface area contributed by atoms with Gasteiger partial charge in [0.2, 0.25) is 0 Å². The third-order valence-electron chi connectivity index (χ3n) is 2.22. The van der Waals surface area contributed by atoms with Crippen molar-refractivity contribution in [3.63, 3.8) is 0 Å². The predicted molar refractivity (Wildman–Crippen MR) is 70.3 cm³/mol. The largest absolute Gasteiger partial charge is 0.481 e. The van der Waals surface area contributed by atoms with Crippen LogP contribution in [0.3, 0.4) is 0 Å². The summed E-state index contributed by atoms with van der Waals surface area (Å²) in [6.45, 7) is 2.15. The monoisotopic (exact) mass is 300 g/mol. The molecule has 0 aliphatic rings. The number of aliphatic hydroxyl groups excluding tert-OH is 1. The molecule has 0 amide bonds. The quantitative estimate of drug-likeness (QED) is 0.759. The molecule has 2 aromatic rings. The van der Waals surface area contributed by atoms with E-state index in [0.717, 1.165) is 21.6 Å². The molecule has 0 saturated heterocycles. The first-order chi connectivity index (χ1) is 9.10. The third kappa shape index (κ3) is 3.52. The van der Waals surface area contributed by atoms with Crippen LogP contribution in [0.15, 0.2) is 11.4 Å². The average Bonchev–Trinajstić information content (AvgIpc) is 2.94. The highest BCUT2D eigenvalue weighted by molar-refractivity contribution is 7.99. The number of thiazole rings is 1. The third-order valence-corrected chi connectivity index (χ3v) is 4.07. The van der Waals surface area contributed by atoms with Gasteiger partial charge in [0.05, 0.1) is 12.3 Å². The highest BCUT2D eigenvalue weighted by atomic mass is 32.2. The van der Waals surface area contributed by atoms with Crippen molar-refractivity contribution in [2.24, 2.45) is 0 Å². The van der Waals surface area contributed by atoms with Crippen molar-refractivity contribution in [1.82, 2.24) is 19.7 Å². The number of hydrogen-bond acceptors (Lipinski definition) is 7. The van der Waals surface area contributed by atoms with E-state index >= 15 is 0 Å². The zero-order valence-electron chi connectivity index (χ0n) is 10.1. The van der Waals surface area contributed by atoms with Crippen LogP contribution in [0.5, 0.6) is 0 Å². The topological polar surface area (TPSA) is 101 Å². The van der Waals surface area contributed by atoms with Gasteiger partial charge in [0, 0.05) is 11.1 Å². The molecule has 0 aliphatic heterocycles. The van der Waals surface area contributed by atoms with E-state index in [9.17, 15) is 9.90 Å². The first-order valence-electron chi connectivity index (χ1n) is 5.39. The normalized spacial score (nSPS) is 10.8. The molecule has 7 nitrogen and oxygen atoms in total.